The van der Waals surface area contributed by atoms with Crippen molar-refractivity contribution in [3.8, 4) is 0 Å². The van der Waals surface area contributed by atoms with E-state index >= 15 is 0 Å². The van der Waals surface area contributed by atoms with E-state index in [0.29, 0.717) is 31.5 Å². The summed E-state index contributed by atoms with van der Waals surface area (Å²) in [5.41, 5.74) is 2.10. The first-order valence-corrected chi connectivity index (χ1v) is 10.6. The summed E-state index contributed by atoms with van der Waals surface area (Å²) in [5.74, 6) is 2.21. The first-order valence-electron chi connectivity index (χ1n) is 10.6. The molecule has 0 unspecified atom stereocenters. The largest absolute Gasteiger partial charge is 0.443 e. The summed E-state index contributed by atoms with van der Waals surface area (Å²) >= 11 is 0. The molecule has 0 saturated heterocycles. The molecule has 1 aromatic carbocycles. The fourth-order valence-electron chi connectivity index (χ4n) is 2.95. The Morgan fingerprint density at radius 1 is 1.10 bits per heavy atom. The van der Waals surface area contributed by atoms with Gasteiger partial charge in [-0.1, -0.05) is 51.1 Å². The Morgan fingerprint density at radius 3 is 2.48 bits per heavy atom. The lowest BCUT2D eigenvalue weighted by Crippen LogP contribution is -2.36. The number of aromatic nitrogens is 2. The van der Waals surface area contributed by atoms with Crippen LogP contribution in [-0.2, 0) is 25.0 Å². The molecular weight excluding hydrogens is 390 g/mol. The Balaban J connectivity index is 1.59. The molecule has 0 fully saturated rings. The normalized spacial score (nSPS) is 12.1. The smallest absolute Gasteiger partial charge is 0.250 e. The first-order chi connectivity index (χ1) is 14.8. The van der Waals surface area contributed by atoms with Crippen molar-refractivity contribution in [2.45, 2.75) is 52.7 Å². The van der Waals surface area contributed by atoms with Gasteiger partial charge in [0.25, 0.3) is 5.56 Å². The average Bonchev–Trinajstić information content (AvgIpc) is 3.22. The minimum absolute atomic E-state index is 0.00167. The van der Waals surface area contributed by atoms with Crippen molar-refractivity contribution >= 4 is 5.96 Å². The van der Waals surface area contributed by atoms with Crippen molar-refractivity contribution in [1.82, 2.24) is 20.2 Å². The third-order valence-corrected chi connectivity index (χ3v) is 4.74. The predicted molar refractivity (Wildman–Crippen MR) is 123 cm³/mol. The van der Waals surface area contributed by atoms with Crippen LogP contribution in [0.4, 0.5) is 0 Å². The lowest BCUT2D eigenvalue weighted by Gasteiger charge is -2.13. The minimum atomic E-state index is -0.0652. The van der Waals surface area contributed by atoms with Crippen LogP contribution in [0, 0.1) is 0 Å². The Kier molecular flexibility index (Phi) is 7.28. The number of nitrogens with one attached hydrogen (secondary N) is 2. The van der Waals surface area contributed by atoms with Crippen LogP contribution in [0.3, 0.4) is 0 Å². The molecule has 0 saturated carbocycles. The highest BCUT2D eigenvalue weighted by Crippen LogP contribution is 2.22. The maximum Gasteiger partial charge on any atom is 0.250 e. The van der Waals surface area contributed by atoms with Crippen molar-refractivity contribution < 1.29 is 4.42 Å². The van der Waals surface area contributed by atoms with Gasteiger partial charge >= 0.3 is 0 Å². The number of oxazole rings is 1. The van der Waals surface area contributed by atoms with Gasteiger partial charge in [0.05, 0.1) is 25.8 Å². The molecule has 3 rings (SSSR count). The second-order valence-electron chi connectivity index (χ2n) is 8.40. The number of guanidine groups is 1. The van der Waals surface area contributed by atoms with Crippen molar-refractivity contribution in [1.29, 1.82) is 0 Å². The second kappa shape index (κ2) is 10.1. The lowest BCUT2D eigenvalue weighted by molar-refractivity contribution is 0.379. The summed E-state index contributed by atoms with van der Waals surface area (Å²) in [5, 5.41) is 6.51. The van der Waals surface area contributed by atoms with E-state index in [4.69, 9.17) is 4.42 Å². The maximum absolute atomic E-state index is 11.9. The van der Waals surface area contributed by atoms with Crippen LogP contribution in [0.2, 0.25) is 0 Å². The van der Waals surface area contributed by atoms with Gasteiger partial charge in [-0.25, -0.2) is 9.98 Å². The number of hydrogen-bond donors (Lipinski definition) is 2. The SMILES string of the molecule is CCNC(=NCc1ccc(Cn2ccccc2=O)cc1)NCc1ncc(C(C)(C)C)o1. The van der Waals surface area contributed by atoms with Crippen LogP contribution in [0.1, 0.15) is 50.5 Å². The number of pyridine rings is 1. The zero-order valence-electron chi connectivity index (χ0n) is 18.7. The van der Waals surface area contributed by atoms with Crippen molar-refractivity contribution in [2.75, 3.05) is 6.54 Å². The molecule has 0 spiro atoms. The fraction of sp³-hybridized carbons (Fsp3) is 0.375. The highest BCUT2D eigenvalue weighted by molar-refractivity contribution is 5.79. The van der Waals surface area contributed by atoms with E-state index in [1.54, 1.807) is 29.1 Å². The first kappa shape index (κ1) is 22.3. The third-order valence-electron chi connectivity index (χ3n) is 4.74. The van der Waals surface area contributed by atoms with Gasteiger partial charge < -0.3 is 19.6 Å². The molecular formula is C24H31N5O2. The summed E-state index contributed by atoms with van der Waals surface area (Å²) < 4.78 is 7.52. The molecule has 164 valence electrons. The zero-order valence-corrected chi connectivity index (χ0v) is 18.7. The molecule has 31 heavy (non-hydrogen) atoms. The Morgan fingerprint density at radius 2 is 1.84 bits per heavy atom. The molecule has 0 bridgehead atoms. The number of benzene rings is 1. The topological polar surface area (TPSA) is 84.5 Å². The fourth-order valence-corrected chi connectivity index (χ4v) is 2.95. The van der Waals surface area contributed by atoms with Crippen LogP contribution in [-0.4, -0.2) is 22.1 Å². The summed E-state index contributed by atoms with van der Waals surface area (Å²) in [6.07, 6.45) is 3.58. The Labute approximate surface area is 183 Å². The number of hydrogen-bond acceptors (Lipinski definition) is 4. The van der Waals surface area contributed by atoms with Crippen molar-refractivity contribution in [2.24, 2.45) is 4.99 Å². The average molecular weight is 422 g/mol. The van der Waals surface area contributed by atoms with E-state index < -0.39 is 0 Å². The van der Waals surface area contributed by atoms with E-state index in [1.807, 2.05) is 37.3 Å². The Bertz CT molecular complexity index is 1060. The Hall–Kier alpha value is -3.35. The third kappa shape index (κ3) is 6.57. The number of aliphatic imine (C=N–C) groups is 1. The summed E-state index contributed by atoms with van der Waals surface area (Å²) in [6, 6.07) is 13.3. The molecule has 0 atom stereocenters. The molecule has 0 amide bonds. The van der Waals surface area contributed by atoms with Crippen LogP contribution >= 0.6 is 0 Å². The van der Waals surface area contributed by atoms with E-state index in [-0.39, 0.29) is 11.0 Å². The van der Waals surface area contributed by atoms with E-state index in [9.17, 15) is 4.79 Å². The molecule has 7 heteroatoms. The van der Waals surface area contributed by atoms with Crippen molar-refractivity contribution in [3.63, 3.8) is 0 Å². The summed E-state index contributed by atoms with van der Waals surface area (Å²) in [6.45, 7) is 10.6. The van der Waals surface area contributed by atoms with Gasteiger partial charge in [0.1, 0.15) is 5.76 Å². The van der Waals surface area contributed by atoms with E-state index in [0.717, 1.165) is 23.4 Å². The standard InChI is InChI=1S/C24H31N5O2/c1-5-25-23(28-16-21-26-15-20(31-21)24(2,3)4)27-14-18-9-11-19(12-10-18)17-29-13-7-6-8-22(29)30/h6-13,15H,5,14,16-17H2,1-4H3,(H2,25,27,28). The van der Waals surface area contributed by atoms with E-state index in [2.05, 4.69) is 41.4 Å². The van der Waals surface area contributed by atoms with Gasteiger partial charge in [0.15, 0.2) is 5.96 Å². The monoisotopic (exact) mass is 421 g/mol. The van der Waals surface area contributed by atoms with Gasteiger partial charge in [-0.2, -0.15) is 0 Å². The van der Waals surface area contributed by atoms with Gasteiger partial charge in [-0.15, -0.1) is 0 Å². The molecule has 0 aliphatic carbocycles. The molecule has 2 heterocycles. The molecule has 3 aromatic rings. The predicted octanol–water partition coefficient (Wildman–Crippen LogP) is 3.44. The van der Waals surface area contributed by atoms with Crippen LogP contribution in [0.25, 0.3) is 0 Å². The lowest BCUT2D eigenvalue weighted by atomic mass is 9.94. The quantitative estimate of drug-likeness (QED) is 0.451. The minimum Gasteiger partial charge on any atom is -0.443 e. The molecule has 0 aliphatic heterocycles. The van der Waals surface area contributed by atoms with Gasteiger partial charge in [0.2, 0.25) is 5.89 Å². The van der Waals surface area contributed by atoms with Gasteiger partial charge in [0, 0.05) is 24.2 Å². The van der Waals surface area contributed by atoms with Crippen LogP contribution < -0.4 is 16.2 Å². The van der Waals surface area contributed by atoms with Crippen molar-refractivity contribution in [3.05, 3.63) is 88.0 Å². The highest BCUT2D eigenvalue weighted by Gasteiger charge is 2.19. The van der Waals surface area contributed by atoms with Crippen LogP contribution in [0.15, 0.2) is 69.1 Å². The number of nitrogens with zero attached hydrogens (tertiary/aromatic N) is 3. The summed E-state index contributed by atoms with van der Waals surface area (Å²) in [7, 11) is 0. The maximum atomic E-state index is 11.9. The molecule has 7 nitrogen and oxygen atoms in total. The van der Waals surface area contributed by atoms with Gasteiger partial charge in [-0.05, 0) is 24.1 Å². The van der Waals surface area contributed by atoms with Gasteiger partial charge in [-0.3, -0.25) is 4.79 Å². The summed E-state index contributed by atoms with van der Waals surface area (Å²) in [4.78, 5) is 20.9. The molecule has 0 radical (unpaired) electrons. The zero-order chi connectivity index (χ0) is 22.3. The molecule has 2 aromatic heterocycles. The number of rotatable bonds is 7. The van der Waals surface area contributed by atoms with Crippen LogP contribution in [0.5, 0.6) is 0 Å². The highest BCUT2D eigenvalue weighted by atomic mass is 16.4. The molecule has 2 N–H and O–H groups in total. The molecule has 0 aliphatic rings. The van der Waals surface area contributed by atoms with E-state index in [1.165, 1.54) is 0 Å². The second-order valence-corrected chi connectivity index (χ2v) is 8.40.